The lowest BCUT2D eigenvalue weighted by Crippen LogP contribution is -2.05. The number of anilines is 1. The SMILES string of the molecule is COC(=O)c1cc(N)ncc1Sc1ccc(C)cc1. The van der Waals surface area contributed by atoms with Crippen molar-refractivity contribution in [1.29, 1.82) is 0 Å². The van der Waals surface area contributed by atoms with E-state index in [4.69, 9.17) is 10.5 Å². The highest BCUT2D eigenvalue weighted by atomic mass is 32.2. The second-order valence-electron chi connectivity index (χ2n) is 4.01. The van der Waals surface area contributed by atoms with E-state index in [1.165, 1.54) is 30.5 Å². The molecule has 1 heterocycles. The van der Waals surface area contributed by atoms with Crippen LogP contribution < -0.4 is 5.73 Å². The summed E-state index contributed by atoms with van der Waals surface area (Å²) in [5.41, 5.74) is 7.22. The minimum atomic E-state index is -0.413. The van der Waals surface area contributed by atoms with Crippen molar-refractivity contribution in [2.45, 2.75) is 16.7 Å². The van der Waals surface area contributed by atoms with E-state index in [2.05, 4.69) is 4.98 Å². The normalized spacial score (nSPS) is 10.2. The second kappa shape index (κ2) is 5.75. The maximum absolute atomic E-state index is 11.7. The summed E-state index contributed by atoms with van der Waals surface area (Å²) in [5, 5.41) is 0. The summed E-state index contributed by atoms with van der Waals surface area (Å²) in [6.45, 7) is 2.03. The Morgan fingerprint density at radius 1 is 1.32 bits per heavy atom. The van der Waals surface area contributed by atoms with Crippen LogP contribution >= 0.6 is 11.8 Å². The molecule has 0 saturated carbocycles. The number of pyridine rings is 1. The van der Waals surface area contributed by atoms with Gasteiger partial charge in [-0.25, -0.2) is 9.78 Å². The minimum Gasteiger partial charge on any atom is -0.465 e. The van der Waals surface area contributed by atoms with Gasteiger partial charge in [-0.15, -0.1) is 0 Å². The number of esters is 1. The fraction of sp³-hybridized carbons (Fsp3) is 0.143. The average molecular weight is 274 g/mol. The predicted molar refractivity (Wildman–Crippen MR) is 75.3 cm³/mol. The van der Waals surface area contributed by atoms with Gasteiger partial charge in [0.1, 0.15) is 5.82 Å². The highest BCUT2D eigenvalue weighted by molar-refractivity contribution is 7.99. The lowest BCUT2D eigenvalue weighted by Gasteiger charge is -2.08. The van der Waals surface area contributed by atoms with Crippen LogP contribution in [0.15, 0.2) is 46.3 Å². The third-order valence-electron chi connectivity index (χ3n) is 2.54. The van der Waals surface area contributed by atoms with Gasteiger partial charge in [0.15, 0.2) is 0 Å². The molecule has 1 aromatic heterocycles. The van der Waals surface area contributed by atoms with E-state index in [0.29, 0.717) is 11.4 Å². The summed E-state index contributed by atoms with van der Waals surface area (Å²) < 4.78 is 4.75. The number of rotatable bonds is 3. The Bertz CT molecular complexity index is 597. The topological polar surface area (TPSA) is 65.2 Å². The van der Waals surface area contributed by atoms with Gasteiger partial charge in [0.25, 0.3) is 0 Å². The standard InChI is InChI=1S/C14H14N2O2S/c1-9-3-5-10(6-4-9)19-12-8-16-13(15)7-11(12)14(17)18-2/h3-8H,1-2H3,(H2,15,16). The molecule has 0 unspecified atom stereocenters. The molecule has 0 aliphatic carbocycles. The zero-order valence-corrected chi connectivity index (χ0v) is 11.5. The number of aryl methyl sites for hydroxylation is 1. The zero-order valence-electron chi connectivity index (χ0n) is 10.7. The number of hydrogen-bond donors (Lipinski definition) is 1. The maximum Gasteiger partial charge on any atom is 0.339 e. The summed E-state index contributed by atoms with van der Waals surface area (Å²) in [4.78, 5) is 17.5. The summed E-state index contributed by atoms with van der Waals surface area (Å²) in [6.07, 6.45) is 1.59. The molecule has 1 aromatic carbocycles. The molecule has 0 aliphatic heterocycles. The van der Waals surface area contributed by atoms with Crippen LogP contribution in [0.5, 0.6) is 0 Å². The van der Waals surface area contributed by atoms with Crippen LogP contribution in [0, 0.1) is 6.92 Å². The smallest absolute Gasteiger partial charge is 0.339 e. The van der Waals surface area contributed by atoms with Gasteiger partial charge in [0.05, 0.1) is 12.7 Å². The van der Waals surface area contributed by atoms with Gasteiger partial charge in [-0.3, -0.25) is 0 Å². The van der Waals surface area contributed by atoms with E-state index in [9.17, 15) is 4.79 Å². The third-order valence-corrected chi connectivity index (χ3v) is 3.60. The van der Waals surface area contributed by atoms with Crippen LogP contribution in [-0.2, 0) is 4.74 Å². The van der Waals surface area contributed by atoms with Crippen molar-refractivity contribution in [2.24, 2.45) is 0 Å². The minimum absolute atomic E-state index is 0.300. The number of hydrogen-bond acceptors (Lipinski definition) is 5. The second-order valence-corrected chi connectivity index (χ2v) is 5.13. The van der Waals surface area contributed by atoms with Gasteiger partial charge in [-0.1, -0.05) is 29.5 Å². The molecule has 0 spiro atoms. The Hall–Kier alpha value is -2.01. The molecule has 0 aliphatic rings. The quantitative estimate of drug-likeness (QED) is 0.872. The molecule has 98 valence electrons. The van der Waals surface area contributed by atoms with Crippen LogP contribution in [-0.4, -0.2) is 18.1 Å². The summed E-state index contributed by atoms with van der Waals surface area (Å²) in [7, 11) is 1.35. The monoisotopic (exact) mass is 274 g/mol. The zero-order chi connectivity index (χ0) is 13.8. The number of ether oxygens (including phenoxy) is 1. The van der Waals surface area contributed by atoms with E-state index in [1.54, 1.807) is 6.20 Å². The average Bonchev–Trinajstić information content (AvgIpc) is 2.42. The van der Waals surface area contributed by atoms with E-state index in [-0.39, 0.29) is 0 Å². The van der Waals surface area contributed by atoms with E-state index in [1.807, 2.05) is 31.2 Å². The summed E-state index contributed by atoms with van der Waals surface area (Å²) in [6, 6.07) is 9.56. The van der Waals surface area contributed by atoms with Crippen LogP contribution in [0.2, 0.25) is 0 Å². The van der Waals surface area contributed by atoms with Crippen LogP contribution in [0.4, 0.5) is 5.82 Å². The summed E-state index contributed by atoms with van der Waals surface area (Å²) >= 11 is 1.46. The van der Waals surface area contributed by atoms with Crippen LogP contribution in [0.25, 0.3) is 0 Å². The Balaban J connectivity index is 2.34. The molecule has 19 heavy (non-hydrogen) atoms. The maximum atomic E-state index is 11.7. The largest absolute Gasteiger partial charge is 0.465 e. The van der Waals surface area contributed by atoms with Crippen molar-refractivity contribution in [1.82, 2.24) is 4.98 Å². The van der Waals surface area contributed by atoms with Gasteiger partial charge in [0, 0.05) is 16.0 Å². The number of nitrogen functional groups attached to an aromatic ring is 1. The number of nitrogens with two attached hydrogens (primary N) is 1. The first kappa shape index (κ1) is 13.4. The van der Waals surface area contributed by atoms with Crippen LogP contribution in [0.3, 0.4) is 0 Å². The Labute approximate surface area is 116 Å². The van der Waals surface area contributed by atoms with Crippen molar-refractivity contribution >= 4 is 23.5 Å². The number of nitrogens with zero attached hydrogens (tertiary/aromatic N) is 1. The molecule has 2 rings (SSSR count). The molecule has 4 nitrogen and oxygen atoms in total. The number of carbonyl (C=O) groups is 1. The fourth-order valence-corrected chi connectivity index (χ4v) is 2.43. The number of methoxy groups -OCH3 is 1. The first-order chi connectivity index (χ1) is 9.10. The third kappa shape index (κ3) is 3.26. The van der Waals surface area contributed by atoms with Crippen molar-refractivity contribution in [3.8, 4) is 0 Å². The first-order valence-electron chi connectivity index (χ1n) is 5.68. The molecule has 0 radical (unpaired) electrons. The molecular weight excluding hydrogens is 260 g/mol. The van der Waals surface area contributed by atoms with Crippen molar-refractivity contribution in [3.05, 3.63) is 47.7 Å². The summed E-state index contributed by atoms with van der Waals surface area (Å²) in [5.74, 6) is -0.114. The van der Waals surface area contributed by atoms with Gasteiger partial charge >= 0.3 is 5.97 Å². The van der Waals surface area contributed by atoms with Gasteiger partial charge in [-0.05, 0) is 25.1 Å². The lowest BCUT2D eigenvalue weighted by molar-refractivity contribution is 0.0596. The molecular formula is C14H14N2O2S. The van der Waals surface area contributed by atoms with E-state index in [0.717, 1.165) is 9.79 Å². The molecule has 0 fully saturated rings. The Morgan fingerprint density at radius 2 is 2.00 bits per heavy atom. The van der Waals surface area contributed by atoms with Gasteiger partial charge < -0.3 is 10.5 Å². The van der Waals surface area contributed by atoms with Crippen molar-refractivity contribution in [3.63, 3.8) is 0 Å². The predicted octanol–water partition coefficient (Wildman–Crippen LogP) is 2.91. The number of benzene rings is 1. The van der Waals surface area contributed by atoms with E-state index >= 15 is 0 Å². The molecule has 2 N–H and O–H groups in total. The van der Waals surface area contributed by atoms with E-state index < -0.39 is 5.97 Å². The number of aromatic nitrogens is 1. The molecule has 2 aromatic rings. The Kier molecular flexibility index (Phi) is 4.06. The fourth-order valence-electron chi connectivity index (χ4n) is 1.54. The highest BCUT2D eigenvalue weighted by Crippen LogP contribution is 2.31. The number of carbonyl (C=O) groups excluding carboxylic acids is 1. The van der Waals surface area contributed by atoms with Crippen molar-refractivity contribution < 1.29 is 9.53 Å². The van der Waals surface area contributed by atoms with Gasteiger partial charge in [0.2, 0.25) is 0 Å². The lowest BCUT2D eigenvalue weighted by atomic mass is 10.2. The molecule has 0 amide bonds. The van der Waals surface area contributed by atoms with Crippen LogP contribution in [0.1, 0.15) is 15.9 Å². The van der Waals surface area contributed by atoms with Crippen molar-refractivity contribution in [2.75, 3.05) is 12.8 Å². The molecule has 0 saturated heterocycles. The Morgan fingerprint density at radius 3 is 2.63 bits per heavy atom. The highest BCUT2D eigenvalue weighted by Gasteiger charge is 2.14. The molecule has 0 atom stereocenters. The molecule has 0 bridgehead atoms. The molecule has 5 heteroatoms. The van der Waals surface area contributed by atoms with Gasteiger partial charge in [-0.2, -0.15) is 0 Å². The first-order valence-corrected chi connectivity index (χ1v) is 6.50.